The first-order chi connectivity index (χ1) is 15.9. The Kier molecular flexibility index (Phi) is 9.30. The number of carbonyl (C=O) groups excluding carboxylic acids is 2. The maximum Gasteiger partial charge on any atom is 0.323 e. The number of carbonyl (C=O) groups is 3. The minimum atomic E-state index is -1.00. The standard InChI is InChI=1S/C26H38N2O5/c1-3-33-26(32)23(14-13-19-9-5-4-6-10-19)27-18(2)25(31)28(17-24(29)30)22-15-20-11-7-8-12-21(20)16-22/h4-6,9-10,18,20-23,27H,3,7-8,11-17H2,1-2H3,(H,29,30)/t18-,20-,21+,22?,23-/m0/s1. The molecule has 7 heteroatoms. The van der Waals surface area contributed by atoms with Gasteiger partial charge in [0.1, 0.15) is 12.6 Å². The molecule has 1 amide bonds. The van der Waals surface area contributed by atoms with E-state index in [1.807, 2.05) is 30.3 Å². The number of nitrogens with one attached hydrogen (secondary N) is 1. The van der Waals surface area contributed by atoms with Gasteiger partial charge in [0.25, 0.3) is 0 Å². The average Bonchev–Trinajstić information content (AvgIpc) is 3.24. The lowest BCUT2D eigenvalue weighted by atomic mass is 9.82. The van der Waals surface area contributed by atoms with Crippen LogP contribution < -0.4 is 5.32 Å². The molecule has 7 nitrogen and oxygen atoms in total. The number of esters is 1. The summed E-state index contributed by atoms with van der Waals surface area (Å²) in [6.07, 6.45) is 7.72. The average molecular weight is 459 g/mol. The molecule has 1 aromatic rings. The summed E-state index contributed by atoms with van der Waals surface area (Å²) in [4.78, 5) is 39.1. The smallest absolute Gasteiger partial charge is 0.323 e. The Bertz CT molecular complexity index is 785. The zero-order valence-corrected chi connectivity index (χ0v) is 19.9. The first-order valence-corrected chi connectivity index (χ1v) is 12.4. The molecule has 1 aromatic carbocycles. The van der Waals surface area contributed by atoms with Crippen LogP contribution in [0.5, 0.6) is 0 Å². The van der Waals surface area contributed by atoms with Crippen LogP contribution in [0.2, 0.25) is 0 Å². The molecule has 2 fully saturated rings. The number of carboxylic acid groups (broad SMARTS) is 1. The number of amides is 1. The van der Waals surface area contributed by atoms with E-state index in [9.17, 15) is 19.5 Å². The van der Waals surface area contributed by atoms with Crippen molar-refractivity contribution in [2.45, 2.75) is 83.3 Å². The Morgan fingerprint density at radius 3 is 2.33 bits per heavy atom. The number of aliphatic carboxylic acids is 1. The third-order valence-electron chi connectivity index (χ3n) is 7.20. The van der Waals surface area contributed by atoms with Gasteiger partial charge in [-0.05, 0) is 56.9 Å². The largest absolute Gasteiger partial charge is 0.480 e. The van der Waals surface area contributed by atoms with Crippen molar-refractivity contribution < 1.29 is 24.2 Å². The van der Waals surface area contributed by atoms with Crippen molar-refractivity contribution in [1.29, 1.82) is 0 Å². The monoisotopic (exact) mass is 458 g/mol. The van der Waals surface area contributed by atoms with Crippen molar-refractivity contribution in [3.05, 3.63) is 35.9 Å². The van der Waals surface area contributed by atoms with E-state index in [2.05, 4.69) is 5.32 Å². The Balaban J connectivity index is 1.67. The molecule has 2 aliphatic rings. The fourth-order valence-corrected chi connectivity index (χ4v) is 5.58. The van der Waals surface area contributed by atoms with E-state index in [-0.39, 0.29) is 31.1 Å². The van der Waals surface area contributed by atoms with Crippen molar-refractivity contribution in [3.63, 3.8) is 0 Å². The Hall–Kier alpha value is -2.41. The highest BCUT2D eigenvalue weighted by molar-refractivity contribution is 5.86. The van der Waals surface area contributed by atoms with Gasteiger partial charge in [-0.3, -0.25) is 19.7 Å². The normalized spacial score (nSPS) is 23.9. The highest BCUT2D eigenvalue weighted by Crippen LogP contribution is 2.44. The molecule has 5 atom stereocenters. The third kappa shape index (κ3) is 7.03. The van der Waals surface area contributed by atoms with Crippen molar-refractivity contribution in [1.82, 2.24) is 10.2 Å². The zero-order valence-electron chi connectivity index (χ0n) is 19.9. The summed E-state index contributed by atoms with van der Waals surface area (Å²) in [5, 5.41) is 12.6. The lowest BCUT2D eigenvalue weighted by Crippen LogP contribution is -2.54. The van der Waals surface area contributed by atoms with Crippen LogP contribution in [0, 0.1) is 11.8 Å². The number of nitrogens with zero attached hydrogens (tertiary/aromatic N) is 1. The van der Waals surface area contributed by atoms with Crippen LogP contribution >= 0.6 is 0 Å². The fourth-order valence-electron chi connectivity index (χ4n) is 5.58. The second-order valence-electron chi connectivity index (χ2n) is 9.51. The Morgan fingerprint density at radius 2 is 1.76 bits per heavy atom. The highest BCUT2D eigenvalue weighted by Gasteiger charge is 2.41. The van der Waals surface area contributed by atoms with Gasteiger partial charge in [0.05, 0.1) is 12.6 Å². The summed E-state index contributed by atoms with van der Waals surface area (Å²) < 4.78 is 5.24. The van der Waals surface area contributed by atoms with Crippen LogP contribution in [0.25, 0.3) is 0 Å². The van der Waals surface area contributed by atoms with Crippen molar-refractivity contribution in [3.8, 4) is 0 Å². The van der Waals surface area contributed by atoms with Gasteiger partial charge in [-0.15, -0.1) is 0 Å². The number of fused-ring (bicyclic) bond motifs is 1. The minimum Gasteiger partial charge on any atom is -0.480 e. The van der Waals surface area contributed by atoms with Gasteiger partial charge in [-0.2, -0.15) is 0 Å². The summed E-state index contributed by atoms with van der Waals surface area (Å²) in [6.45, 7) is 3.44. The molecule has 2 saturated carbocycles. The molecule has 0 bridgehead atoms. The molecule has 33 heavy (non-hydrogen) atoms. The zero-order chi connectivity index (χ0) is 23.8. The number of benzene rings is 1. The summed E-state index contributed by atoms with van der Waals surface area (Å²) in [5.74, 6) is -0.459. The van der Waals surface area contributed by atoms with E-state index >= 15 is 0 Å². The van der Waals surface area contributed by atoms with Gasteiger partial charge >= 0.3 is 11.9 Å². The number of carboxylic acids is 1. The van der Waals surface area contributed by atoms with Crippen molar-refractivity contribution in [2.24, 2.45) is 11.8 Å². The number of rotatable bonds is 11. The predicted molar refractivity (Wildman–Crippen MR) is 126 cm³/mol. The Labute approximate surface area is 196 Å². The number of ether oxygens (including phenoxy) is 1. The number of hydrogen-bond donors (Lipinski definition) is 2. The second kappa shape index (κ2) is 12.2. The molecule has 0 heterocycles. The van der Waals surface area contributed by atoms with Crippen LogP contribution in [0.4, 0.5) is 0 Å². The van der Waals surface area contributed by atoms with Crippen molar-refractivity contribution >= 4 is 17.8 Å². The lowest BCUT2D eigenvalue weighted by molar-refractivity contribution is -0.149. The summed E-state index contributed by atoms with van der Waals surface area (Å²) in [5.41, 5.74) is 1.11. The van der Waals surface area contributed by atoms with Crippen LogP contribution in [0.3, 0.4) is 0 Å². The van der Waals surface area contributed by atoms with Gasteiger partial charge in [0.2, 0.25) is 5.91 Å². The molecule has 0 spiro atoms. The highest BCUT2D eigenvalue weighted by atomic mass is 16.5. The quantitative estimate of drug-likeness (QED) is 0.494. The second-order valence-corrected chi connectivity index (χ2v) is 9.51. The first-order valence-electron chi connectivity index (χ1n) is 12.4. The summed E-state index contributed by atoms with van der Waals surface area (Å²) in [6, 6.07) is 8.50. The van der Waals surface area contributed by atoms with Crippen molar-refractivity contribution in [2.75, 3.05) is 13.2 Å². The topological polar surface area (TPSA) is 95.9 Å². The molecule has 0 aliphatic heterocycles. The number of hydrogen-bond acceptors (Lipinski definition) is 5. The van der Waals surface area contributed by atoms with E-state index < -0.39 is 18.1 Å². The van der Waals surface area contributed by atoms with Gasteiger partial charge in [0.15, 0.2) is 0 Å². The van der Waals surface area contributed by atoms with E-state index in [4.69, 9.17) is 4.74 Å². The molecule has 2 aliphatic carbocycles. The van der Waals surface area contributed by atoms with E-state index in [0.717, 1.165) is 18.4 Å². The van der Waals surface area contributed by atoms with Crippen LogP contribution in [-0.2, 0) is 25.5 Å². The first kappa shape index (κ1) is 25.2. The SMILES string of the molecule is CCOC(=O)[C@H](CCc1ccccc1)N[C@@H](C)C(=O)N(CC(=O)O)C1C[C@H]2CCCC[C@H]2C1. The van der Waals surface area contributed by atoms with Gasteiger partial charge < -0.3 is 14.7 Å². The van der Waals surface area contributed by atoms with Gasteiger partial charge in [0, 0.05) is 6.04 Å². The molecule has 1 unspecified atom stereocenters. The molecular formula is C26H38N2O5. The molecule has 0 radical (unpaired) electrons. The molecule has 3 rings (SSSR count). The van der Waals surface area contributed by atoms with Crippen LogP contribution in [-0.4, -0.2) is 59.1 Å². The maximum absolute atomic E-state index is 13.4. The van der Waals surface area contributed by atoms with E-state index in [0.29, 0.717) is 24.7 Å². The fraction of sp³-hybridized carbons (Fsp3) is 0.654. The minimum absolute atomic E-state index is 0.0451. The molecule has 0 aromatic heterocycles. The molecule has 2 N–H and O–H groups in total. The lowest BCUT2D eigenvalue weighted by Gasteiger charge is -2.32. The van der Waals surface area contributed by atoms with Gasteiger partial charge in [-0.1, -0.05) is 56.0 Å². The van der Waals surface area contributed by atoms with Crippen LogP contribution in [0.15, 0.2) is 30.3 Å². The number of aryl methyl sites for hydroxylation is 1. The summed E-state index contributed by atoms with van der Waals surface area (Å²) in [7, 11) is 0. The van der Waals surface area contributed by atoms with Gasteiger partial charge in [-0.25, -0.2) is 0 Å². The summed E-state index contributed by atoms with van der Waals surface area (Å²) >= 11 is 0. The van der Waals surface area contributed by atoms with E-state index in [1.165, 1.54) is 30.6 Å². The van der Waals surface area contributed by atoms with E-state index in [1.54, 1.807) is 13.8 Å². The molecular weight excluding hydrogens is 420 g/mol. The maximum atomic E-state index is 13.4. The van der Waals surface area contributed by atoms with Crippen LogP contribution in [0.1, 0.15) is 64.4 Å². The molecule has 0 saturated heterocycles. The third-order valence-corrected chi connectivity index (χ3v) is 7.20. The Morgan fingerprint density at radius 1 is 1.12 bits per heavy atom. The predicted octanol–water partition coefficient (Wildman–Crippen LogP) is 3.41. The molecule has 182 valence electrons.